The summed E-state index contributed by atoms with van der Waals surface area (Å²) < 4.78 is 0. The second-order valence-corrected chi connectivity index (χ2v) is 6.02. The third kappa shape index (κ3) is 1.56. The SMILES string of the molecule is O=C1CNC2CCC3C(=C2C1=O)NC1=CCCCC13. The molecule has 2 N–H and O–H groups in total. The molecular weight excluding hydrogens is 240 g/mol. The predicted octanol–water partition coefficient (Wildman–Crippen LogP) is 1.05. The average molecular weight is 258 g/mol. The fourth-order valence-corrected chi connectivity index (χ4v) is 4.14. The Labute approximate surface area is 112 Å². The predicted molar refractivity (Wildman–Crippen MR) is 70.1 cm³/mol. The van der Waals surface area contributed by atoms with Crippen molar-refractivity contribution in [3.05, 3.63) is 23.0 Å². The van der Waals surface area contributed by atoms with Gasteiger partial charge in [-0.2, -0.15) is 0 Å². The molecule has 2 aliphatic heterocycles. The fraction of sp³-hybridized carbons (Fsp3) is 0.600. The Morgan fingerprint density at radius 1 is 1.11 bits per heavy atom. The van der Waals surface area contributed by atoms with Gasteiger partial charge in [0.1, 0.15) is 0 Å². The van der Waals surface area contributed by atoms with Crippen LogP contribution >= 0.6 is 0 Å². The fourth-order valence-electron chi connectivity index (χ4n) is 4.14. The van der Waals surface area contributed by atoms with Gasteiger partial charge >= 0.3 is 0 Å². The van der Waals surface area contributed by atoms with Gasteiger partial charge < -0.3 is 10.6 Å². The van der Waals surface area contributed by atoms with Gasteiger partial charge in [0.15, 0.2) is 0 Å². The van der Waals surface area contributed by atoms with Crippen LogP contribution in [0.25, 0.3) is 0 Å². The van der Waals surface area contributed by atoms with Gasteiger partial charge in [-0.05, 0) is 32.1 Å². The molecule has 100 valence electrons. The molecule has 0 bridgehead atoms. The van der Waals surface area contributed by atoms with E-state index >= 15 is 0 Å². The van der Waals surface area contributed by atoms with E-state index in [0.717, 1.165) is 30.5 Å². The van der Waals surface area contributed by atoms with Crippen LogP contribution in [0.1, 0.15) is 32.1 Å². The van der Waals surface area contributed by atoms with E-state index in [1.165, 1.54) is 18.5 Å². The summed E-state index contributed by atoms with van der Waals surface area (Å²) in [4.78, 5) is 23.9. The highest BCUT2D eigenvalue weighted by molar-refractivity contribution is 6.45. The minimum absolute atomic E-state index is 0.0877. The van der Waals surface area contributed by atoms with E-state index in [1.54, 1.807) is 0 Å². The lowest BCUT2D eigenvalue weighted by Gasteiger charge is -2.34. The zero-order valence-corrected chi connectivity index (χ0v) is 10.9. The van der Waals surface area contributed by atoms with E-state index in [9.17, 15) is 9.59 Å². The lowest BCUT2D eigenvalue weighted by molar-refractivity contribution is -0.135. The lowest BCUT2D eigenvalue weighted by Crippen LogP contribution is -2.50. The summed E-state index contributed by atoms with van der Waals surface area (Å²) in [6, 6.07) is 0.0877. The maximum atomic E-state index is 12.2. The number of ketones is 2. The van der Waals surface area contributed by atoms with E-state index in [2.05, 4.69) is 16.7 Å². The van der Waals surface area contributed by atoms with E-state index in [4.69, 9.17) is 0 Å². The highest BCUT2D eigenvalue weighted by Gasteiger charge is 2.45. The van der Waals surface area contributed by atoms with Gasteiger partial charge in [0.2, 0.25) is 11.6 Å². The van der Waals surface area contributed by atoms with Gasteiger partial charge in [0.25, 0.3) is 0 Å². The van der Waals surface area contributed by atoms with Crippen molar-refractivity contribution in [2.24, 2.45) is 11.8 Å². The summed E-state index contributed by atoms with van der Waals surface area (Å²) in [5.74, 6) is 0.455. The summed E-state index contributed by atoms with van der Waals surface area (Å²) in [5.41, 5.74) is 3.09. The molecule has 0 aromatic rings. The topological polar surface area (TPSA) is 58.2 Å². The molecule has 4 nitrogen and oxygen atoms in total. The first-order valence-corrected chi connectivity index (χ1v) is 7.28. The molecule has 4 aliphatic rings. The molecule has 3 unspecified atom stereocenters. The number of fused-ring (bicyclic) bond motifs is 4. The van der Waals surface area contributed by atoms with Crippen molar-refractivity contribution in [1.29, 1.82) is 0 Å². The van der Waals surface area contributed by atoms with Crippen LogP contribution in [0.5, 0.6) is 0 Å². The van der Waals surface area contributed by atoms with Crippen LogP contribution in [0, 0.1) is 11.8 Å². The molecule has 3 atom stereocenters. The van der Waals surface area contributed by atoms with Crippen molar-refractivity contribution in [1.82, 2.24) is 10.6 Å². The van der Waals surface area contributed by atoms with Gasteiger partial charge in [-0.3, -0.25) is 9.59 Å². The molecule has 0 saturated carbocycles. The molecule has 2 heterocycles. The number of carbonyl (C=O) groups is 2. The van der Waals surface area contributed by atoms with E-state index < -0.39 is 0 Å². The molecule has 2 fully saturated rings. The lowest BCUT2D eigenvalue weighted by atomic mass is 9.74. The number of allylic oxidation sites excluding steroid dienone is 3. The highest BCUT2D eigenvalue weighted by Crippen LogP contribution is 2.46. The number of Topliss-reactive ketones (excluding diaryl/α,β-unsaturated/α-hetero) is 2. The van der Waals surface area contributed by atoms with Crippen molar-refractivity contribution in [3.8, 4) is 0 Å². The Hall–Kier alpha value is -1.42. The number of hydrogen-bond donors (Lipinski definition) is 2. The number of carbonyl (C=O) groups excluding carboxylic acids is 2. The summed E-state index contributed by atoms with van der Waals surface area (Å²) in [6.07, 6.45) is 7.95. The molecule has 4 heteroatoms. The van der Waals surface area contributed by atoms with E-state index in [-0.39, 0.29) is 24.2 Å². The van der Waals surface area contributed by atoms with Crippen LogP contribution in [0.3, 0.4) is 0 Å². The van der Waals surface area contributed by atoms with Crippen molar-refractivity contribution in [2.45, 2.75) is 38.1 Å². The Morgan fingerprint density at radius 3 is 2.89 bits per heavy atom. The summed E-state index contributed by atoms with van der Waals surface area (Å²) >= 11 is 0. The number of nitrogens with one attached hydrogen (secondary N) is 2. The quantitative estimate of drug-likeness (QED) is 0.638. The standard InChI is InChI=1S/C15H18N2O2/c18-12-7-16-11-6-5-9-8-3-1-2-4-10(8)17-14(9)13(11)15(12)19/h4,8-9,11,16-17H,1-3,5-7H2. The normalized spacial score (nSPS) is 37.3. The minimum Gasteiger partial charge on any atom is -0.362 e. The monoisotopic (exact) mass is 258 g/mol. The molecule has 0 spiro atoms. The van der Waals surface area contributed by atoms with Crippen molar-refractivity contribution in [3.63, 3.8) is 0 Å². The first kappa shape index (κ1) is 11.4. The smallest absolute Gasteiger partial charge is 0.229 e. The Kier molecular flexibility index (Phi) is 2.42. The summed E-state index contributed by atoms with van der Waals surface area (Å²) in [6.45, 7) is 0.205. The van der Waals surface area contributed by atoms with Crippen LogP contribution in [0.15, 0.2) is 23.0 Å². The Morgan fingerprint density at radius 2 is 2.00 bits per heavy atom. The van der Waals surface area contributed by atoms with Gasteiger partial charge in [0.05, 0.1) is 6.54 Å². The third-order valence-electron chi connectivity index (χ3n) is 5.03. The number of hydrogen-bond acceptors (Lipinski definition) is 4. The first-order valence-electron chi connectivity index (χ1n) is 7.28. The van der Waals surface area contributed by atoms with Crippen LogP contribution in [-0.2, 0) is 9.59 Å². The average Bonchev–Trinajstić information content (AvgIpc) is 2.81. The van der Waals surface area contributed by atoms with Crippen LogP contribution in [0.4, 0.5) is 0 Å². The van der Waals surface area contributed by atoms with Gasteiger partial charge in [0, 0.05) is 34.8 Å². The second-order valence-electron chi connectivity index (χ2n) is 6.02. The summed E-state index contributed by atoms with van der Waals surface area (Å²) in [7, 11) is 0. The van der Waals surface area contributed by atoms with Gasteiger partial charge in [-0.1, -0.05) is 6.08 Å². The molecular formula is C15H18N2O2. The number of rotatable bonds is 0. The molecule has 4 rings (SSSR count). The van der Waals surface area contributed by atoms with Crippen molar-refractivity contribution < 1.29 is 9.59 Å². The molecule has 0 radical (unpaired) electrons. The van der Waals surface area contributed by atoms with Crippen LogP contribution in [0.2, 0.25) is 0 Å². The maximum absolute atomic E-state index is 12.2. The zero-order valence-electron chi connectivity index (χ0n) is 10.9. The molecule has 0 amide bonds. The number of piperidine rings is 1. The van der Waals surface area contributed by atoms with Crippen molar-refractivity contribution >= 4 is 11.6 Å². The molecule has 0 aromatic heterocycles. The third-order valence-corrected chi connectivity index (χ3v) is 5.03. The Balaban J connectivity index is 1.80. The molecule has 0 aromatic carbocycles. The zero-order chi connectivity index (χ0) is 13.0. The first-order chi connectivity index (χ1) is 9.25. The van der Waals surface area contributed by atoms with E-state index in [1.807, 2.05) is 0 Å². The Bertz CT molecular complexity index is 532. The highest BCUT2D eigenvalue weighted by atomic mass is 16.2. The van der Waals surface area contributed by atoms with Gasteiger partial charge in [-0.25, -0.2) is 0 Å². The molecule has 2 aliphatic carbocycles. The maximum Gasteiger partial charge on any atom is 0.229 e. The largest absolute Gasteiger partial charge is 0.362 e. The second kappa shape index (κ2) is 4.04. The van der Waals surface area contributed by atoms with Crippen LogP contribution < -0.4 is 10.6 Å². The van der Waals surface area contributed by atoms with E-state index in [0.29, 0.717) is 11.8 Å². The van der Waals surface area contributed by atoms with Crippen molar-refractivity contribution in [2.75, 3.05) is 6.54 Å². The van der Waals surface area contributed by atoms with Crippen LogP contribution in [-0.4, -0.2) is 24.2 Å². The van der Waals surface area contributed by atoms with Gasteiger partial charge in [-0.15, -0.1) is 0 Å². The molecule has 19 heavy (non-hydrogen) atoms. The minimum atomic E-state index is -0.287. The summed E-state index contributed by atoms with van der Waals surface area (Å²) in [5, 5.41) is 6.68. The molecule has 2 saturated heterocycles.